The van der Waals surface area contributed by atoms with E-state index in [-0.39, 0.29) is 76.2 Å². The van der Waals surface area contributed by atoms with Crippen molar-refractivity contribution < 1.29 is 77.3 Å². The third-order valence-electron chi connectivity index (χ3n) is 9.73. The molecule has 0 aliphatic heterocycles. The van der Waals surface area contributed by atoms with E-state index in [9.17, 15) is 9.59 Å². The molecule has 0 bridgehead atoms. The fourth-order valence-corrected chi connectivity index (χ4v) is 5.90. The standard InChI is InChI=1S/C40H78NO4.C5H12.C3H8.Rb/c1-4-7-10-13-16-22-30-37-44-39(42)33-27-23-29-36-41-35-28-21-17-20-26-34-40(43)45-38(31-24-18-14-11-8-5-2)32-25-19-15-12-9-6-3;1-4-5(2)3;1-3-2;/h37-38,41H,4-36H2,1-3H3;5H,4H2,1-3H3;3H2,1-2H3;/q-1;;;+1. The number of nitrogens with one attached hydrogen (secondary N) is 1. The van der Waals surface area contributed by atoms with Gasteiger partial charge in [-0.3, -0.25) is 9.59 Å². The molecule has 0 aromatic heterocycles. The van der Waals surface area contributed by atoms with Crippen LogP contribution in [-0.2, 0) is 19.1 Å². The van der Waals surface area contributed by atoms with Crippen molar-refractivity contribution in [1.29, 1.82) is 0 Å². The summed E-state index contributed by atoms with van der Waals surface area (Å²) in [6, 6.07) is 0. The minimum Gasteiger partial charge on any atom is -0.637 e. The van der Waals surface area contributed by atoms with Gasteiger partial charge in [-0.05, 0) is 70.4 Å². The van der Waals surface area contributed by atoms with Crippen LogP contribution in [0.2, 0.25) is 0 Å². The van der Waals surface area contributed by atoms with Gasteiger partial charge in [0, 0.05) is 12.8 Å². The van der Waals surface area contributed by atoms with Crippen molar-refractivity contribution in [1.82, 2.24) is 5.32 Å². The number of ether oxygens (including phenoxy) is 2. The van der Waals surface area contributed by atoms with Crippen molar-refractivity contribution >= 4 is 11.9 Å². The monoisotopic (exact) mass is 838 g/mol. The van der Waals surface area contributed by atoms with Crippen LogP contribution >= 0.6 is 0 Å². The van der Waals surface area contributed by atoms with E-state index in [4.69, 9.17) is 9.47 Å². The van der Waals surface area contributed by atoms with Gasteiger partial charge in [0.2, 0.25) is 0 Å². The average Bonchev–Trinajstić information content (AvgIpc) is 3.14. The second kappa shape index (κ2) is 55.8. The van der Waals surface area contributed by atoms with Crippen LogP contribution in [0.4, 0.5) is 0 Å². The molecule has 0 aliphatic rings. The Hall–Kier alpha value is 0.705. The van der Waals surface area contributed by atoms with Crippen molar-refractivity contribution in [2.75, 3.05) is 13.1 Å². The number of carbonyl (C=O) groups is 2. The second-order valence-corrected chi connectivity index (χ2v) is 16.0. The van der Waals surface area contributed by atoms with Gasteiger partial charge in [-0.15, -0.1) is 6.42 Å². The number of esters is 2. The molecule has 0 radical (unpaired) electrons. The van der Waals surface area contributed by atoms with Crippen LogP contribution in [0.5, 0.6) is 0 Å². The summed E-state index contributed by atoms with van der Waals surface area (Å²) >= 11 is 0. The maximum absolute atomic E-state index is 12.6. The number of rotatable bonds is 38. The SMILES string of the molecule is CCC.CCC(C)C.CCCCCCCC[CH-]OC(=O)CCCCCNCCCCCCCC(=O)OC(CCCCCCCC)CCCCCCCC.[Rb+]. The van der Waals surface area contributed by atoms with Crippen LogP contribution in [0.1, 0.15) is 267 Å². The number of hydrogen-bond donors (Lipinski definition) is 1. The molecular formula is C48H98NO4Rb. The Morgan fingerprint density at radius 3 is 1.30 bits per heavy atom. The van der Waals surface area contributed by atoms with E-state index >= 15 is 0 Å². The minimum atomic E-state index is -0.0802. The predicted molar refractivity (Wildman–Crippen MR) is 234 cm³/mol. The Morgan fingerprint density at radius 1 is 0.500 bits per heavy atom. The fraction of sp³-hybridized carbons (Fsp3) is 0.938. The Balaban J connectivity index is -0.00000125. The third-order valence-corrected chi connectivity index (χ3v) is 9.73. The van der Waals surface area contributed by atoms with Crippen molar-refractivity contribution in [2.45, 2.75) is 273 Å². The summed E-state index contributed by atoms with van der Waals surface area (Å²) in [5.41, 5.74) is 0. The Labute approximate surface area is 389 Å². The molecule has 0 aromatic carbocycles. The molecule has 320 valence electrons. The largest absolute Gasteiger partial charge is 1.00 e. The van der Waals surface area contributed by atoms with Gasteiger partial charge in [-0.2, -0.15) is 6.61 Å². The molecule has 5 nitrogen and oxygen atoms in total. The Morgan fingerprint density at radius 2 is 0.852 bits per heavy atom. The predicted octanol–water partition coefficient (Wildman–Crippen LogP) is 12.8. The van der Waals surface area contributed by atoms with Crippen LogP contribution in [-0.4, -0.2) is 31.1 Å². The first-order chi connectivity index (χ1) is 25.8. The number of unbranched alkanes of at least 4 members (excludes halogenated alkanes) is 22. The van der Waals surface area contributed by atoms with Gasteiger partial charge in [0.1, 0.15) is 6.10 Å². The molecule has 0 heterocycles. The molecule has 0 fully saturated rings. The smallest absolute Gasteiger partial charge is 0.637 e. The molecule has 0 saturated heterocycles. The first-order valence-corrected chi connectivity index (χ1v) is 23.7. The van der Waals surface area contributed by atoms with Gasteiger partial charge in [0.25, 0.3) is 5.97 Å². The normalized spacial score (nSPS) is 10.7. The van der Waals surface area contributed by atoms with E-state index in [1.807, 2.05) is 0 Å². The quantitative estimate of drug-likeness (QED) is 0.0381. The van der Waals surface area contributed by atoms with Crippen molar-refractivity contribution in [3.63, 3.8) is 0 Å². The van der Waals surface area contributed by atoms with Crippen LogP contribution in [0.15, 0.2) is 0 Å². The summed E-state index contributed by atoms with van der Waals surface area (Å²) in [5.74, 6) is 0.830. The first-order valence-electron chi connectivity index (χ1n) is 23.7. The van der Waals surface area contributed by atoms with Gasteiger partial charge in [0.15, 0.2) is 0 Å². The van der Waals surface area contributed by atoms with Gasteiger partial charge < -0.3 is 14.8 Å². The number of carbonyl (C=O) groups excluding carboxylic acids is 2. The van der Waals surface area contributed by atoms with Crippen LogP contribution in [0.3, 0.4) is 0 Å². The molecule has 0 aromatic rings. The average molecular weight is 839 g/mol. The second-order valence-electron chi connectivity index (χ2n) is 16.0. The molecule has 54 heavy (non-hydrogen) atoms. The summed E-state index contributed by atoms with van der Waals surface area (Å²) in [7, 11) is 0. The molecule has 0 unspecified atom stereocenters. The molecule has 1 N–H and O–H groups in total. The zero-order chi connectivity index (χ0) is 39.9. The maximum atomic E-state index is 12.6. The van der Waals surface area contributed by atoms with Gasteiger partial charge in [0.05, 0.1) is 0 Å². The van der Waals surface area contributed by atoms with E-state index in [1.165, 1.54) is 141 Å². The van der Waals surface area contributed by atoms with Crippen LogP contribution in [0.25, 0.3) is 0 Å². The summed E-state index contributed by atoms with van der Waals surface area (Å²) in [5, 5.41) is 3.54. The molecular weight excluding hydrogens is 740 g/mol. The van der Waals surface area contributed by atoms with Crippen molar-refractivity contribution in [2.24, 2.45) is 5.92 Å². The topological polar surface area (TPSA) is 64.6 Å². The first kappa shape index (κ1) is 61.4. The van der Waals surface area contributed by atoms with Gasteiger partial charge in [-0.1, -0.05) is 197 Å². The molecule has 0 spiro atoms. The summed E-state index contributed by atoms with van der Waals surface area (Å²) in [6.07, 6.45) is 38.6. The van der Waals surface area contributed by atoms with E-state index in [2.05, 4.69) is 60.7 Å². The number of hydrogen-bond acceptors (Lipinski definition) is 5. The van der Waals surface area contributed by atoms with Gasteiger partial charge >= 0.3 is 64.2 Å². The summed E-state index contributed by atoms with van der Waals surface area (Å²) in [4.78, 5) is 24.4. The van der Waals surface area contributed by atoms with E-state index in [0.29, 0.717) is 12.8 Å². The Bertz CT molecular complexity index is 674. The zero-order valence-electron chi connectivity index (χ0n) is 38.6. The van der Waals surface area contributed by atoms with Crippen LogP contribution < -0.4 is 63.5 Å². The van der Waals surface area contributed by atoms with Crippen LogP contribution in [0, 0.1) is 12.5 Å². The summed E-state index contributed by atoms with van der Waals surface area (Å²) in [6.45, 7) is 21.4. The van der Waals surface area contributed by atoms with Gasteiger partial charge in [-0.25, -0.2) is 0 Å². The minimum absolute atomic E-state index is 0. The van der Waals surface area contributed by atoms with Crippen molar-refractivity contribution in [3.05, 3.63) is 6.61 Å². The van der Waals surface area contributed by atoms with E-state index in [1.54, 1.807) is 6.61 Å². The molecule has 0 rings (SSSR count). The maximum Gasteiger partial charge on any atom is 1.00 e. The molecule has 0 atom stereocenters. The third kappa shape index (κ3) is 59.4. The van der Waals surface area contributed by atoms with E-state index in [0.717, 1.165) is 76.8 Å². The molecule has 0 aliphatic carbocycles. The molecule has 6 heteroatoms. The fourth-order valence-electron chi connectivity index (χ4n) is 5.90. The van der Waals surface area contributed by atoms with Crippen molar-refractivity contribution in [3.8, 4) is 0 Å². The molecule has 0 amide bonds. The van der Waals surface area contributed by atoms with E-state index < -0.39 is 0 Å². The molecule has 0 saturated carbocycles. The zero-order valence-corrected chi connectivity index (χ0v) is 43.5. The Kier molecular flexibility index (Phi) is 63.4. The summed E-state index contributed by atoms with van der Waals surface area (Å²) < 4.78 is 11.2.